The molecule has 0 spiro atoms. The summed E-state index contributed by atoms with van der Waals surface area (Å²) in [5.41, 5.74) is 2.09. The highest BCUT2D eigenvalue weighted by Gasteiger charge is 2.16. The maximum atomic E-state index is 11.7. The molecule has 0 saturated carbocycles. The minimum atomic E-state index is -1.59. The number of aryl methyl sites for hydroxylation is 1. The number of carbonyl (C=O) groups is 2. The van der Waals surface area contributed by atoms with Crippen LogP contribution in [0, 0.1) is 6.92 Å². The van der Waals surface area contributed by atoms with Crippen molar-refractivity contribution in [1.82, 2.24) is 10.2 Å². The molecule has 0 bridgehead atoms. The molecule has 0 fully saturated rings. The van der Waals surface area contributed by atoms with E-state index in [1.807, 2.05) is 31.2 Å². The average Bonchev–Trinajstić information content (AvgIpc) is 2.37. The van der Waals surface area contributed by atoms with Gasteiger partial charge in [0.05, 0.1) is 6.54 Å². The summed E-state index contributed by atoms with van der Waals surface area (Å²) in [4.78, 5) is 23.5. The molecule has 6 nitrogen and oxygen atoms in total. The molecule has 6 heteroatoms. The summed E-state index contributed by atoms with van der Waals surface area (Å²) in [6.07, 6.45) is -1.59. The van der Waals surface area contributed by atoms with Gasteiger partial charge in [-0.05, 0) is 18.1 Å². The Kier molecular flexibility index (Phi) is 5.32. The molecular formula is C13H18N2O4. The molecular weight excluding hydrogens is 248 g/mol. The second-order valence-electron chi connectivity index (χ2n) is 4.32. The Morgan fingerprint density at radius 1 is 1.37 bits per heavy atom. The molecule has 1 rings (SSSR count). The van der Waals surface area contributed by atoms with Crippen LogP contribution in [0.4, 0.5) is 4.79 Å². The number of rotatable bonds is 5. The van der Waals surface area contributed by atoms with Crippen molar-refractivity contribution in [3.05, 3.63) is 35.4 Å². The van der Waals surface area contributed by atoms with E-state index >= 15 is 0 Å². The summed E-state index contributed by atoms with van der Waals surface area (Å²) in [7, 11) is 1.61. The smallest absolute Gasteiger partial charge is 0.334 e. The fraction of sp³-hybridized carbons (Fsp3) is 0.385. The Bertz CT molecular complexity index is 462. The van der Waals surface area contributed by atoms with Crippen LogP contribution in [0.25, 0.3) is 0 Å². The van der Waals surface area contributed by atoms with Crippen molar-refractivity contribution in [1.29, 1.82) is 0 Å². The first kappa shape index (κ1) is 15.0. The number of benzene rings is 1. The lowest BCUT2D eigenvalue weighted by molar-refractivity contribution is -0.146. The van der Waals surface area contributed by atoms with Gasteiger partial charge in [-0.25, -0.2) is 9.59 Å². The number of nitrogens with one attached hydrogen (secondary N) is 1. The second-order valence-corrected chi connectivity index (χ2v) is 4.32. The second kappa shape index (κ2) is 6.75. The van der Waals surface area contributed by atoms with Gasteiger partial charge in [0.2, 0.25) is 0 Å². The zero-order valence-electron chi connectivity index (χ0n) is 11.0. The molecule has 1 aromatic carbocycles. The van der Waals surface area contributed by atoms with Crippen LogP contribution in [0.3, 0.4) is 0 Å². The molecule has 0 aliphatic carbocycles. The fourth-order valence-corrected chi connectivity index (χ4v) is 1.52. The first-order valence-corrected chi connectivity index (χ1v) is 5.86. The van der Waals surface area contributed by atoms with Gasteiger partial charge in [0, 0.05) is 13.6 Å². The molecule has 0 saturated heterocycles. The van der Waals surface area contributed by atoms with Gasteiger partial charge >= 0.3 is 12.0 Å². The number of aliphatic hydroxyl groups excluding tert-OH is 1. The first-order chi connectivity index (χ1) is 8.91. The third-order valence-electron chi connectivity index (χ3n) is 2.75. The van der Waals surface area contributed by atoms with Crippen LogP contribution in [-0.4, -0.2) is 46.8 Å². The van der Waals surface area contributed by atoms with Gasteiger partial charge in [-0.15, -0.1) is 0 Å². The molecule has 0 aliphatic heterocycles. The summed E-state index contributed by atoms with van der Waals surface area (Å²) < 4.78 is 0. The number of carboxylic acids is 1. The number of hydrogen-bond donors (Lipinski definition) is 3. The molecule has 1 atom stereocenters. The van der Waals surface area contributed by atoms with E-state index in [9.17, 15) is 9.59 Å². The maximum absolute atomic E-state index is 11.7. The van der Waals surface area contributed by atoms with Crippen LogP contribution in [0.1, 0.15) is 11.1 Å². The Hall–Kier alpha value is -2.08. The van der Waals surface area contributed by atoms with Crippen LogP contribution in [-0.2, 0) is 11.3 Å². The highest BCUT2D eigenvalue weighted by atomic mass is 16.4. The van der Waals surface area contributed by atoms with Crippen molar-refractivity contribution in [2.24, 2.45) is 0 Å². The average molecular weight is 266 g/mol. The lowest BCUT2D eigenvalue weighted by Crippen LogP contribution is -2.42. The van der Waals surface area contributed by atoms with Gasteiger partial charge in [0.15, 0.2) is 6.10 Å². The Morgan fingerprint density at radius 3 is 2.58 bits per heavy atom. The van der Waals surface area contributed by atoms with Crippen molar-refractivity contribution < 1.29 is 19.8 Å². The van der Waals surface area contributed by atoms with Crippen molar-refractivity contribution in [2.45, 2.75) is 19.6 Å². The van der Waals surface area contributed by atoms with Crippen LogP contribution in [0.15, 0.2) is 24.3 Å². The highest BCUT2D eigenvalue weighted by Crippen LogP contribution is 2.09. The molecule has 104 valence electrons. The van der Waals surface area contributed by atoms with Crippen molar-refractivity contribution in [3.63, 3.8) is 0 Å². The molecule has 0 radical (unpaired) electrons. The fourth-order valence-electron chi connectivity index (χ4n) is 1.52. The van der Waals surface area contributed by atoms with E-state index in [-0.39, 0.29) is 6.54 Å². The molecule has 19 heavy (non-hydrogen) atoms. The monoisotopic (exact) mass is 266 g/mol. The zero-order chi connectivity index (χ0) is 14.4. The third kappa shape index (κ3) is 4.59. The van der Waals surface area contributed by atoms with Gasteiger partial charge in [-0.1, -0.05) is 24.3 Å². The van der Waals surface area contributed by atoms with Gasteiger partial charge in [0.25, 0.3) is 0 Å². The number of urea groups is 1. The molecule has 3 N–H and O–H groups in total. The first-order valence-electron chi connectivity index (χ1n) is 5.86. The topological polar surface area (TPSA) is 89.9 Å². The van der Waals surface area contributed by atoms with Gasteiger partial charge < -0.3 is 20.4 Å². The number of carbonyl (C=O) groups excluding carboxylic acids is 1. The highest BCUT2D eigenvalue weighted by molar-refractivity contribution is 5.76. The molecule has 0 aliphatic rings. The SMILES string of the molecule is Cc1ccccc1CN(C)C(=O)NCC(O)C(=O)O. The Labute approximate surface area is 111 Å². The molecule has 1 aromatic rings. The summed E-state index contributed by atoms with van der Waals surface area (Å²) in [6.45, 7) is 2.06. The van der Waals surface area contributed by atoms with Gasteiger partial charge in [0.1, 0.15) is 0 Å². The summed E-state index contributed by atoms with van der Waals surface area (Å²) >= 11 is 0. The third-order valence-corrected chi connectivity index (χ3v) is 2.75. The summed E-state index contributed by atoms with van der Waals surface area (Å²) in [5.74, 6) is -1.36. The van der Waals surface area contributed by atoms with E-state index in [2.05, 4.69) is 5.32 Å². The number of amides is 2. The van der Waals surface area contributed by atoms with E-state index in [1.165, 1.54) is 4.90 Å². The van der Waals surface area contributed by atoms with Crippen molar-refractivity contribution in [3.8, 4) is 0 Å². The van der Waals surface area contributed by atoms with E-state index < -0.39 is 18.1 Å². The predicted octanol–water partition coefficient (Wildman–Crippen LogP) is 0.582. The molecule has 0 aromatic heterocycles. The predicted molar refractivity (Wildman–Crippen MR) is 69.7 cm³/mol. The molecule has 1 unspecified atom stereocenters. The van der Waals surface area contributed by atoms with E-state index in [4.69, 9.17) is 10.2 Å². The summed E-state index contributed by atoms with van der Waals surface area (Å²) in [5, 5.41) is 19.9. The summed E-state index contributed by atoms with van der Waals surface area (Å²) in [6, 6.07) is 7.26. The number of hydrogen-bond acceptors (Lipinski definition) is 3. The van der Waals surface area contributed by atoms with E-state index in [0.29, 0.717) is 6.54 Å². The Balaban J connectivity index is 2.50. The largest absolute Gasteiger partial charge is 0.479 e. The van der Waals surface area contributed by atoms with Crippen molar-refractivity contribution >= 4 is 12.0 Å². The number of aliphatic carboxylic acids is 1. The lowest BCUT2D eigenvalue weighted by Gasteiger charge is -2.19. The standard InChI is InChI=1S/C13H18N2O4/c1-9-5-3-4-6-10(9)8-15(2)13(19)14-7-11(16)12(17)18/h3-6,11,16H,7-8H2,1-2H3,(H,14,19)(H,17,18). The lowest BCUT2D eigenvalue weighted by atomic mass is 10.1. The zero-order valence-corrected chi connectivity index (χ0v) is 11.0. The van der Waals surface area contributed by atoms with E-state index in [1.54, 1.807) is 7.05 Å². The van der Waals surface area contributed by atoms with Crippen LogP contribution in [0.2, 0.25) is 0 Å². The molecule has 2 amide bonds. The van der Waals surface area contributed by atoms with Crippen LogP contribution >= 0.6 is 0 Å². The van der Waals surface area contributed by atoms with Crippen molar-refractivity contribution in [2.75, 3.05) is 13.6 Å². The number of carboxylic acid groups (broad SMARTS) is 1. The van der Waals surface area contributed by atoms with Crippen LogP contribution < -0.4 is 5.32 Å². The molecule has 0 heterocycles. The number of nitrogens with zero attached hydrogens (tertiary/aromatic N) is 1. The van der Waals surface area contributed by atoms with E-state index in [0.717, 1.165) is 11.1 Å². The normalized spacial score (nSPS) is 11.7. The quantitative estimate of drug-likeness (QED) is 0.727. The maximum Gasteiger partial charge on any atom is 0.334 e. The van der Waals surface area contributed by atoms with Crippen LogP contribution in [0.5, 0.6) is 0 Å². The van der Waals surface area contributed by atoms with Gasteiger partial charge in [-0.3, -0.25) is 0 Å². The minimum absolute atomic E-state index is 0.313. The number of aliphatic hydroxyl groups is 1. The minimum Gasteiger partial charge on any atom is -0.479 e. The Morgan fingerprint density at radius 2 is 2.00 bits per heavy atom. The van der Waals surface area contributed by atoms with Gasteiger partial charge in [-0.2, -0.15) is 0 Å².